The first-order valence-corrected chi connectivity index (χ1v) is 5.24. The highest BCUT2D eigenvalue weighted by Gasteiger charge is 2.21. The summed E-state index contributed by atoms with van der Waals surface area (Å²) in [5, 5.41) is 9.66. The Labute approximate surface area is 82.3 Å². The van der Waals surface area contributed by atoms with Gasteiger partial charge in [-0.25, -0.2) is 0 Å². The second-order valence-electron chi connectivity index (χ2n) is 4.64. The molecule has 0 aliphatic carbocycles. The predicted octanol–water partition coefficient (Wildman–Crippen LogP) is 2.60. The van der Waals surface area contributed by atoms with Crippen LogP contribution >= 0.6 is 0 Å². The lowest BCUT2D eigenvalue weighted by Crippen LogP contribution is -2.27. The summed E-state index contributed by atoms with van der Waals surface area (Å²) < 4.78 is 5.38. The van der Waals surface area contributed by atoms with E-state index in [4.69, 9.17) is 4.74 Å². The van der Waals surface area contributed by atoms with Crippen LogP contribution in [0.3, 0.4) is 0 Å². The second-order valence-corrected chi connectivity index (χ2v) is 4.64. The van der Waals surface area contributed by atoms with E-state index < -0.39 is 0 Å². The molecule has 1 unspecified atom stereocenters. The molecular weight excluding hydrogens is 164 g/mol. The number of ether oxygens (including phenoxy) is 1. The molecule has 0 radical (unpaired) electrons. The first kappa shape index (κ1) is 12.9. The van der Waals surface area contributed by atoms with Gasteiger partial charge < -0.3 is 9.84 Å². The Bertz CT molecular complexity index is 116. The molecule has 0 saturated carbocycles. The van der Waals surface area contributed by atoms with Crippen LogP contribution in [0, 0.1) is 5.41 Å². The molecule has 2 heteroatoms. The first-order chi connectivity index (χ1) is 5.98. The summed E-state index contributed by atoms with van der Waals surface area (Å²) in [6.45, 7) is 9.79. The van der Waals surface area contributed by atoms with Crippen molar-refractivity contribution in [3.8, 4) is 0 Å². The summed E-state index contributed by atoms with van der Waals surface area (Å²) in [5.74, 6) is 0. The van der Waals surface area contributed by atoms with Crippen LogP contribution in [0.25, 0.3) is 0 Å². The van der Waals surface area contributed by atoms with Gasteiger partial charge in [0.05, 0.1) is 6.10 Å². The monoisotopic (exact) mass is 188 g/mol. The van der Waals surface area contributed by atoms with Crippen molar-refractivity contribution in [2.75, 3.05) is 13.2 Å². The highest BCUT2D eigenvalue weighted by molar-refractivity contribution is 4.71. The lowest BCUT2D eigenvalue weighted by molar-refractivity contribution is 0.0220. The highest BCUT2D eigenvalue weighted by Crippen LogP contribution is 2.21. The summed E-state index contributed by atoms with van der Waals surface area (Å²) in [5.41, 5.74) is -0.0197. The summed E-state index contributed by atoms with van der Waals surface area (Å²) >= 11 is 0. The van der Waals surface area contributed by atoms with Gasteiger partial charge in [-0.05, 0) is 18.3 Å². The van der Waals surface area contributed by atoms with Crippen LogP contribution < -0.4 is 0 Å². The molecule has 0 rings (SSSR count). The number of rotatable bonds is 6. The van der Waals surface area contributed by atoms with E-state index in [9.17, 15) is 5.11 Å². The lowest BCUT2D eigenvalue weighted by Gasteiger charge is -2.25. The number of hydrogen-bond donors (Lipinski definition) is 1. The van der Waals surface area contributed by atoms with Crippen molar-refractivity contribution < 1.29 is 9.84 Å². The molecule has 0 aliphatic heterocycles. The molecule has 0 aromatic heterocycles. The van der Waals surface area contributed by atoms with Gasteiger partial charge in [0.1, 0.15) is 0 Å². The Morgan fingerprint density at radius 2 is 1.85 bits per heavy atom. The van der Waals surface area contributed by atoms with Crippen molar-refractivity contribution >= 4 is 0 Å². The van der Waals surface area contributed by atoms with E-state index >= 15 is 0 Å². The Balaban J connectivity index is 3.32. The van der Waals surface area contributed by atoms with E-state index in [-0.39, 0.29) is 11.5 Å². The third-order valence-corrected chi connectivity index (χ3v) is 2.18. The molecule has 0 aliphatic rings. The average Bonchev–Trinajstić information content (AvgIpc) is 2.02. The van der Waals surface area contributed by atoms with Crippen LogP contribution in [-0.4, -0.2) is 24.4 Å². The lowest BCUT2D eigenvalue weighted by atomic mass is 9.87. The molecule has 80 valence electrons. The smallest absolute Gasteiger partial charge is 0.0610 e. The molecule has 0 aromatic rings. The Morgan fingerprint density at radius 3 is 2.31 bits per heavy atom. The molecule has 0 spiro atoms. The fourth-order valence-electron chi connectivity index (χ4n) is 0.976. The van der Waals surface area contributed by atoms with Gasteiger partial charge >= 0.3 is 0 Å². The van der Waals surface area contributed by atoms with Crippen LogP contribution in [-0.2, 0) is 4.74 Å². The summed E-state index contributed by atoms with van der Waals surface area (Å²) in [7, 11) is 0. The molecule has 0 fully saturated rings. The van der Waals surface area contributed by atoms with Gasteiger partial charge in [0.2, 0.25) is 0 Å². The van der Waals surface area contributed by atoms with Crippen LogP contribution in [0.4, 0.5) is 0 Å². The quantitative estimate of drug-likeness (QED) is 0.649. The first-order valence-electron chi connectivity index (χ1n) is 5.24. The zero-order valence-electron chi connectivity index (χ0n) is 9.47. The van der Waals surface area contributed by atoms with Crippen LogP contribution in [0.2, 0.25) is 0 Å². The topological polar surface area (TPSA) is 29.5 Å². The molecule has 0 bridgehead atoms. The number of aliphatic hydroxyl groups is 1. The van der Waals surface area contributed by atoms with Crippen molar-refractivity contribution in [2.24, 2.45) is 5.41 Å². The summed E-state index contributed by atoms with van der Waals surface area (Å²) in [6, 6.07) is 0. The molecule has 13 heavy (non-hydrogen) atoms. The van der Waals surface area contributed by atoms with Crippen molar-refractivity contribution in [3.05, 3.63) is 0 Å². The number of hydrogen-bond acceptors (Lipinski definition) is 2. The highest BCUT2D eigenvalue weighted by atomic mass is 16.5. The van der Waals surface area contributed by atoms with Crippen LogP contribution in [0.15, 0.2) is 0 Å². The fourth-order valence-corrected chi connectivity index (χ4v) is 0.976. The molecule has 0 saturated heterocycles. The van der Waals surface area contributed by atoms with E-state index in [2.05, 4.69) is 6.92 Å². The third-order valence-electron chi connectivity index (χ3n) is 2.18. The van der Waals surface area contributed by atoms with Crippen LogP contribution in [0.5, 0.6) is 0 Å². The largest absolute Gasteiger partial charge is 0.392 e. The van der Waals surface area contributed by atoms with Gasteiger partial charge in [-0.3, -0.25) is 0 Å². The van der Waals surface area contributed by atoms with Gasteiger partial charge in [-0.15, -0.1) is 0 Å². The van der Waals surface area contributed by atoms with E-state index in [1.54, 1.807) is 0 Å². The fraction of sp³-hybridized carbons (Fsp3) is 1.00. The zero-order valence-corrected chi connectivity index (χ0v) is 9.47. The van der Waals surface area contributed by atoms with Gasteiger partial charge in [0.15, 0.2) is 0 Å². The molecule has 0 amide bonds. The van der Waals surface area contributed by atoms with Gasteiger partial charge in [0, 0.05) is 13.2 Å². The van der Waals surface area contributed by atoms with Crippen molar-refractivity contribution in [3.63, 3.8) is 0 Å². The molecule has 2 nitrogen and oxygen atoms in total. The minimum absolute atomic E-state index is 0.0197. The predicted molar refractivity (Wildman–Crippen MR) is 55.8 cm³/mol. The number of unbranched alkanes of at least 4 members (excludes halogenated alkanes) is 1. The maximum absolute atomic E-state index is 9.66. The minimum atomic E-state index is -0.255. The molecule has 0 aromatic carbocycles. The zero-order chi connectivity index (χ0) is 10.3. The van der Waals surface area contributed by atoms with E-state index in [0.29, 0.717) is 6.61 Å². The minimum Gasteiger partial charge on any atom is -0.392 e. The Morgan fingerprint density at radius 1 is 1.23 bits per heavy atom. The van der Waals surface area contributed by atoms with Crippen molar-refractivity contribution in [2.45, 2.75) is 53.1 Å². The van der Waals surface area contributed by atoms with Crippen molar-refractivity contribution in [1.82, 2.24) is 0 Å². The Kier molecular flexibility index (Phi) is 6.35. The maximum atomic E-state index is 9.66. The summed E-state index contributed by atoms with van der Waals surface area (Å²) in [4.78, 5) is 0. The van der Waals surface area contributed by atoms with Crippen LogP contribution in [0.1, 0.15) is 47.0 Å². The van der Waals surface area contributed by atoms with Gasteiger partial charge in [-0.2, -0.15) is 0 Å². The number of aliphatic hydroxyl groups excluding tert-OH is 1. The molecular formula is C11H24O2. The standard InChI is InChI=1S/C11H24O2/c1-5-6-8-13-9-7-10(12)11(2,3)4/h10,12H,5-9H2,1-4H3. The van der Waals surface area contributed by atoms with Crippen molar-refractivity contribution in [1.29, 1.82) is 0 Å². The third kappa shape index (κ3) is 7.03. The Hall–Kier alpha value is -0.0800. The summed E-state index contributed by atoms with van der Waals surface area (Å²) in [6.07, 6.45) is 2.77. The molecule has 1 N–H and O–H groups in total. The normalized spacial score (nSPS) is 14.5. The van der Waals surface area contributed by atoms with E-state index in [0.717, 1.165) is 19.4 Å². The molecule has 1 atom stereocenters. The molecule has 0 heterocycles. The SMILES string of the molecule is CCCCOCCC(O)C(C)(C)C. The van der Waals surface area contributed by atoms with E-state index in [1.807, 2.05) is 20.8 Å². The second kappa shape index (κ2) is 6.39. The maximum Gasteiger partial charge on any atom is 0.0610 e. The van der Waals surface area contributed by atoms with E-state index in [1.165, 1.54) is 6.42 Å². The van der Waals surface area contributed by atoms with Gasteiger partial charge in [0.25, 0.3) is 0 Å². The average molecular weight is 188 g/mol. The van der Waals surface area contributed by atoms with Gasteiger partial charge in [-0.1, -0.05) is 34.1 Å².